The molecule has 0 aliphatic carbocycles. The van der Waals surface area contributed by atoms with Crippen molar-refractivity contribution in [2.75, 3.05) is 19.7 Å². The van der Waals surface area contributed by atoms with Crippen molar-refractivity contribution in [2.24, 2.45) is 15.7 Å². The van der Waals surface area contributed by atoms with E-state index in [1.54, 1.807) is 31.2 Å². The minimum atomic E-state index is -0.180. The van der Waals surface area contributed by atoms with Gasteiger partial charge in [-0.3, -0.25) is 20.3 Å². The summed E-state index contributed by atoms with van der Waals surface area (Å²) in [6, 6.07) is 18.1. The second-order valence-electron chi connectivity index (χ2n) is 7.40. The predicted molar refractivity (Wildman–Crippen MR) is 128 cm³/mol. The average Bonchev–Trinajstić information content (AvgIpc) is 3.34. The highest BCUT2D eigenvalue weighted by Crippen LogP contribution is 2.27. The molecular formula is C24H28N6O4. The summed E-state index contributed by atoms with van der Waals surface area (Å²) < 4.78 is 5.34. The minimum Gasteiger partial charge on any atom is -0.394 e. The summed E-state index contributed by atoms with van der Waals surface area (Å²) in [4.78, 5) is 20.9. The zero-order valence-electron chi connectivity index (χ0n) is 19.0. The van der Waals surface area contributed by atoms with Gasteiger partial charge in [-0.2, -0.15) is 4.99 Å². The van der Waals surface area contributed by atoms with Crippen LogP contribution in [0.2, 0.25) is 0 Å². The number of hydrogen-bond donors (Lipinski definition) is 4. The first-order valence-corrected chi connectivity index (χ1v) is 10.8. The molecule has 0 bridgehead atoms. The van der Waals surface area contributed by atoms with Crippen molar-refractivity contribution < 1.29 is 19.6 Å². The van der Waals surface area contributed by atoms with Gasteiger partial charge in [0.25, 0.3) is 5.88 Å². The highest BCUT2D eigenvalue weighted by Gasteiger charge is 2.18. The number of carbonyl (C=O) groups is 1. The number of carbonyl (C=O) groups excluding carboxylic acids is 1. The van der Waals surface area contributed by atoms with Crippen molar-refractivity contribution in [3.8, 4) is 0 Å². The number of hydrogen-bond acceptors (Lipinski definition) is 7. The molecule has 0 radical (unpaired) electrons. The quantitative estimate of drug-likeness (QED) is 0.172. The lowest BCUT2D eigenvalue weighted by Gasteiger charge is -2.17. The molecule has 1 heterocycles. The SMILES string of the molecule is CCN(O)/C(=N/c1cc(C(C)c2cccc(C(=O)c3ccccc3)c2)no1)NC(N)=NCCO. The van der Waals surface area contributed by atoms with Crippen LogP contribution in [0.15, 0.2) is 75.2 Å². The van der Waals surface area contributed by atoms with Gasteiger partial charge in [0.05, 0.1) is 18.8 Å². The fraction of sp³-hybridized carbons (Fsp3) is 0.250. The van der Waals surface area contributed by atoms with Gasteiger partial charge < -0.3 is 15.4 Å². The van der Waals surface area contributed by atoms with Gasteiger partial charge in [0.1, 0.15) is 0 Å². The van der Waals surface area contributed by atoms with E-state index >= 15 is 0 Å². The number of benzene rings is 2. The maximum Gasteiger partial charge on any atom is 0.253 e. The molecular weight excluding hydrogens is 436 g/mol. The van der Waals surface area contributed by atoms with Gasteiger partial charge in [-0.05, 0) is 18.6 Å². The Hall–Kier alpha value is -4.02. The molecule has 0 amide bonds. The zero-order valence-corrected chi connectivity index (χ0v) is 19.0. The smallest absolute Gasteiger partial charge is 0.253 e. The minimum absolute atomic E-state index is 0.00695. The van der Waals surface area contributed by atoms with Gasteiger partial charge in [-0.25, -0.2) is 5.06 Å². The molecule has 0 aliphatic rings. The standard InChI is InChI=1S/C24H28N6O4/c1-3-30(33)24(28-23(25)26-12-13-31)27-21-15-20(29-34-21)16(2)18-10-7-11-19(14-18)22(32)17-8-5-4-6-9-17/h4-11,14-16,31,33H,3,12-13H2,1-2H3,(H3,25,26,27,28). The summed E-state index contributed by atoms with van der Waals surface area (Å²) in [7, 11) is 0. The normalized spacial score (nSPS) is 12.9. The van der Waals surface area contributed by atoms with Crippen LogP contribution in [-0.4, -0.2) is 57.9 Å². The Kier molecular flexibility index (Phi) is 8.49. The first kappa shape index (κ1) is 24.6. The molecule has 1 unspecified atom stereocenters. The van der Waals surface area contributed by atoms with Gasteiger partial charge in [-0.15, -0.1) is 0 Å². The number of hydroxylamine groups is 2. The van der Waals surface area contributed by atoms with E-state index in [1.807, 2.05) is 43.3 Å². The van der Waals surface area contributed by atoms with Crippen LogP contribution in [0.4, 0.5) is 5.88 Å². The van der Waals surface area contributed by atoms with Crippen LogP contribution in [-0.2, 0) is 0 Å². The highest BCUT2D eigenvalue weighted by atomic mass is 16.5. The van der Waals surface area contributed by atoms with Gasteiger partial charge in [0.15, 0.2) is 11.7 Å². The molecule has 5 N–H and O–H groups in total. The van der Waals surface area contributed by atoms with Crippen molar-refractivity contribution in [1.82, 2.24) is 15.5 Å². The van der Waals surface area contributed by atoms with E-state index in [1.165, 1.54) is 0 Å². The molecule has 178 valence electrons. The summed E-state index contributed by atoms with van der Waals surface area (Å²) in [5.41, 5.74) is 8.45. The third-order valence-corrected chi connectivity index (χ3v) is 5.03. The number of aliphatic hydroxyl groups is 1. The molecule has 10 heteroatoms. The lowest BCUT2D eigenvalue weighted by atomic mass is 9.94. The van der Waals surface area contributed by atoms with Crippen LogP contribution in [0.5, 0.6) is 0 Å². The van der Waals surface area contributed by atoms with Gasteiger partial charge in [0.2, 0.25) is 5.96 Å². The second-order valence-corrected chi connectivity index (χ2v) is 7.40. The van der Waals surface area contributed by atoms with Crippen molar-refractivity contribution >= 4 is 23.6 Å². The molecule has 0 fully saturated rings. The van der Waals surface area contributed by atoms with Crippen molar-refractivity contribution in [1.29, 1.82) is 0 Å². The summed E-state index contributed by atoms with van der Waals surface area (Å²) in [6.07, 6.45) is 0. The number of nitrogens with two attached hydrogens (primary N) is 1. The Morgan fingerprint density at radius 2 is 1.91 bits per heavy atom. The maximum atomic E-state index is 12.8. The molecule has 3 aromatic rings. The third-order valence-electron chi connectivity index (χ3n) is 5.03. The molecule has 10 nitrogen and oxygen atoms in total. The highest BCUT2D eigenvalue weighted by molar-refractivity contribution is 6.09. The lowest BCUT2D eigenvalue weighted by Crippen LogP contribution is -2.45. The first-order valence-electron chi connectivity index (χ1n) is 10.8. The Morgan fingerprint density at radius 3 is 2.62 bits per heavy atom. The Balaban J connectivity index is 1.81. The number of aliphatic imine (C=N–C) groups is 2. The molecule has 0 spiro atoms. The largest absolute Gasteiger partial charge is 0.394 e. The summed E-state index contributed by atoms with van der Waals surface area (Å²) in [6.45, 7) is 3.83. The molecule has 34 heavy (non-hydrogen) atoms. The van der Waals surface area contributed by atoms with Crippen LogP contribution < -0.4 is 11.1 Å². The van der Waals surface area contributed by atoms with E-state index in [2.05, 4.69) is 20.5 Å². The van der Waals surface area contributed by atoms with Crippen molar-refractivity contribution in [3.63, 3.8) is 0 Å². The van der Waals surface area contributed by atoms with E-state index in [0.717, 1.165) is 10.6 Å². The third kappa shape index (κ3) is 6.27. The number of aromatic nitrogens is 1. The first-order chi connectivity index (χ1) is 16.4. The summed E-state index contributed by atoms with van der Waals surface area (Å²) in [5, 5.41) is 26.6. The van der Waals surface area contributed by atoms with Crippen LogP contribution in [0.1, 0.15) is 46.9 Å². The van der Waals surface area contributed by atoms with Gasteiger partial charge >= 0.3 is 0 Å². The topological polar surface area (TPSA) is 150 Å². The number of aliphatic hydroxyl groups excluding tert-OH is 1. The Morgan fingerprint density at radius 1 is 1.18 bits per heavy atom. The fourth-order valence-corrected chi connectivity index (χ4v) is 3.14. The van der Waals surface area contributed by atoms with Gasteiger partial charge in [0, 0.05) is 29.7 Å². The van der Waals surface area contributed by atoms with Crippen molar-refractivity contribution in [3.05, 3.63) is 83.0 Å². The number of ketones is 1. The monoisotopic (exact) mass is 464 g/mol. The summed E-state index contributed by atoms with van der Waals surface area (Å²) >= 11 is 0. The molecule has 0 saturated carbocycles. The average molecular weight is 465 g/mol. The van der Waals surface area contributed by atoms with Gasteiger partial charge in [-0.1, -0.05) is 60.6 Å². The van der Waals surface area contributed by atoms with E-state index < -0.39 is 0 Å². The van der Waals surface area contributed by atoms with Crippen molar-refractivity contribution in [2.45, 2.75) is 19.8 Å². The van der Waals surface area contributed by atoms with E-state index in [0.29, 0.717) is 16.8 Å². The number of rotatable bonds is 8. The lowest BCUT2D eigenvalue weighted by molar-refractivity contribution is -0.0122. The summed E-state index contributed by atoms with van der Waals surface area (Å²) in [5.74, 6) is -0.122. The Labute approximate surface area is 197 Å². The van der Waals surface area contributed by atoms with Crippen LogP contribution in [0.25, 0.3) is 0 Å². The van der Waals surface area contributed by atoms with E-state index in [4.69, 9.17) is 15.4 Å². The number of guanidine groups is 2. The molecule has 0 aliphatic heterocycles. The zero-order chi connectivity index (χ0) is 24.5. The van der Waals surface area contributed by atoms with Crippen LogP contribution >= 0.6 is 0 Å². The molecule has 0 saturated heterocycles. The number of nitrogens with one attached hydrogen (secondary N) is 1. The molecule has 1 aromatic heterocycles. The van der Waals surface area contributed by atoms with E-state index in [9.17, 15) is 10.0 Å². The van der Waals surface area contributed by atoms with E-state index in [-0.39, 0.29) is 49.2 Å². The van der Waals surface area contributed by atoms with Crippen LogP contribution in [0, 0.1) is 0 Å². The predicted octanol–water partition coefficient (Wildman–Crippen LogP) is 2.65. The number of nitrogens with zero attached hydrogens (tertiary/aromatic N) is 4. The second kappa shape index (κ2) is 11.7. The fourth-order valence-electron chi connectivity index (χ4n) is 3.14. The maximum absolute atomic E-state index is 12.8. The van der Waals surface area contributed by atoms with Crippen LogP contribution in [0.3, 0.4) is 0 Å². The Bertz CT molecular complexity index is 1160. The molecule has 2 aromatic carbocycles. The molecule has 1 atom stereocenters. The molecule has 3 rings (SSSR count).